The smallest absolute Gasteiger partial charge is 0.219 e. The molecule has 1 saturated heterocycles. The first-order valence-corrected chi connectivity index (χ1v) is 10.1. The summed E-state index contributed by atoms with van der Waals surface area (Å²) in [6.07, 6.45) is 3.00. The summed E-state index contributed by atoms with van der Waals surface area (Å²) in [5, 5.41) is 0. The van der Waals surface area contributed by atoms with E-state index in [0.717, 1.165) is 51.5 Å². The van der Waals surface area contributed by atoms with Crippen LogP contribution in [0.5, 0.6) is 0 Å². The van der Waals surface area contributed by atoms with Gasteiger partial charge in [-0.15, -0.1) is 0 Å². The molecule has 1 N–H and O–H groups in total. The van der Waals surface area contributed by atoms with Crippen molar-refractivity contribution in [3.63, 3.8) is 0 Å². The Labute approximate surface area is 171 Å². The zero-order valence-corrected chi connectivity index (χ0v) is 17.1. The molecule has 5 nitrogen and oxygen atoms in total. The lowest BCUT2D eigenvalue weighted by molar-refractivity contribution is -0.904. The van der Waals surface area contributed by atoms with E-state index in [1.165, 1.54) is 15.5 Å². The first-order valence-electron chi connectivity index (χ1n) is 9.31. The maximum absolute atomic E-state index is 11.5. The first kappa shape index (κ1) is 20.0. The van der Waals surface area contributed by atoms with Gasteiger partial charge in [-0.05, 0) is 24.3 Å². The Morgan fingerprint density at radius 2 is 1.89 bits per heavy atom. The third-order valence-corrected chi connectivity index (χ3v) is 6.31. The molecule has 144 valence electrons. The quantitative estimate of drug-likeness (QED) is 0.697. The number of halogens is 1. The van der Waals surface area contributed by atoms with E-state index in [1.807, 2.05) is 17.2 Å². The Morgan fingerprint density at radius 1 is 1.15 bits per heavy atom. The van der Waals surface area contributed by atoms with Crippen molar-refractivity contribution in [3.05, 3.63) is 42.6 Å². The van der Waals surface area contributed by atoms with E-state index in [2.05, 4.69) is 40.2 Å². The Hall–Kier alpha value is -1.76. The van der Waals surface area contributed by atoms with Crippen LogP contribution in [0.1, 0.15) is 13.3 Å². The van der Waals surface area contributed by atoms with Crippen LogP contribution >= 0.6 is 11.8 Å². The molecule has 0 saturated carbocycles. The average Bonchev–Trinajstić information content (AvgIpc) is 2.68. The van der Waals surface area contributed by atoms with Gasteiger partial charge in [0.25, 0.3) is 0 Å². The lowest BCUT2D eigenvalue weighted by Crippen LogP contribution is -3.14. The number of carbonyl (C=O) groups is 1. The minimum absolute atomic E-state index is 0. The lowest BCUT2D eigenvalue weighted by Gasteiger charge is -2.33. The number of para-hydroxylation sites is 1. The molecule has 2 aliphatic heterocycles. The van der Waals surface area contributed by atoms with Crippen molar-refractivity contribution in [2.75, 3.05) is 44.2 Å². The Balaban J connectivity index is 0.00000210. The molecule has 0 radical (unpaired) electrons. The number of amides is 1. The third-order valence-electron chi connectivity index (χ3n) is 5.21. The van der Waals surface area contributed by atoms with Gasteiger partial charge in [0.2, 0.25) is 5.91 Å². The molecule has 1 aromatic heterocycles. The van der Waals surface area contributed by atoms with Gasteiger partial charge in [-0.2, -0.15) is 0 Å². The number of nitrogens with one attached hydrogen (secondary N) is 1. The number of hydrogen-bond acceptors (Lipinski definition) is 4. The molecule has 3 heterocycles. The molecular formula is C20H25ClN4OS. The number of carbonyl (C=O) groups excluding carboxylic acids is 1. The number of hydrogen-bond donors (Lipinski definition) is 1. The van der Waals surface area contributed by atoms with Gasteiger partial charge in [-0.1, -0.05) is 23.9 Å². The van der Waals surface area contributed by atoms with Gasteiger partial charge in [-0.25, -0.2) is 4.98 Å². The fraction of sp³-hybridized carbons (Fsp3) is 0.400. The van der Waals surface area contributed by atoms with Crippen molar-refractivity contribution in [2.45, 2.75) is 23.1 Å². The zero-order chi connectivity index (χ0) is 17.9. The van der Waals surface area contributed by atoms with Gasteiger partial charge >= 0.3 is 0 Å². The normalized spacial score (nSPS) is 16.3. The molecule has 1 amide bonds. The Morgan fingerprint density at radius 3 is 2.67 bits per heavy atom. The summed E-state index contributed by atoms with van der Waals surface area (Å²) in [6, 6.07) is 12.8. The summed E-state index contributed by atoms with van der Waals surface area (Å²) < 4.78 is 0. The van der Waals surface area contributed by atoms with Crippen molar-refractivity contribution in [1.29, 1.82) is 0 Å². The van der Waals surface area contributed by atoms with Gasteiger partial charge in [0, 0.05) is 31.0 Å². The summed E-state index contributed by atoms with van der Waals surface area (Å²) in [7, 11) is 0. The van der Waals surface area contributed by atoms with Gasteiger partial charge in [0.05, 0.1) is 43.3 Å². The van der Waals surface area contributed by atoms with Crippen LogP contribution in [0.3, 0.4) is 0 Å². The molecule has 0 unspecified atom stereocenters. The van der Waals surface area contributed by atoms with E-state index in [1.54, 1.807) is 23.6 Å². The second kappa shape index (κ2) is 8.95. The number of fused-ring (bicyclic) bond motifs is 2. The molecule has 2 aliphatic rings. The average molecular weight is 405 g/mol. The SMILES string of the molecule is CC(=O)N1CC[NH+](CCCN2c3ccccc3Sc3cccnc32)CC1.[Cl-]. The van der Waals surface area contributed by atoms with E-state index >= 15 is 0 Å². The van der Waals surface area contributed by atoms with Gasteiger partial charge in [0.1, 0.15) is 5.82 Å². The van der Waals surface area contributed by atoms with Crippen LogP contribution in [0, 0.1) is 0 Å². The minimum atomic E-state index is 0. The molecule has 27 heavy (non-hydrogen) atoms. The van der Waals surface area contributed by atoms with Crippen LogP contribution in [-0.2, 0) is 4.79 Å². The Bertz CT molecular complexity index is 750. The number of rotatable bonds is 4. The first-order chi connectivity index (χ1) is 12.7. The van der Waals surface area contributed by atoms with Crippen LogP contribution in [0.4, 0.5) is 11.5 Å². The number of nitrogens with zero attached hydrogens (tertiary/aromatic N) is 3. The molecule has 4 rings (SSSR count). The van der Waals surface area contributed by atoms with Crippen LogP contribution in [0.2, 0.25) is 0 Å². The molecule has 0 aliphatic carbocycles. The van der Waals surface area contributed by atoms with E-state index in [0.29, 0.717) is 0 Å². The fourth-order valence-corrected chi connectivity index (χ4v) is 4.83. The van der Waals surface area contributed by atoms with E-state index in [9.17, 15) is 4.79 Å². The monoisotopic (exact) mass is 404 g/mol. The van der Waals surface area contributed by atoms with Gasteiger partial charge in [-0.3, -0.25) is 4.79 Å². The van der Waals surface area contributed by atoms with E-state index < -0.39 is 0 Å². The second-order valence-corrected chi connectivity index (χ2v) is 7.99. The van der Waals surface area contributed by atoms with Crippen LogP contribution in [0.15, 0.2) is 52.4 Å². The maximum Gasteiger partial charge on any atom is 0.219 e. The lowest BCUT2D eigenvalue weighted by atomic mass is 10.2. The van der Waals surface area contributed by atoms with Gasteiger partial charge < -0.3 is 27.1 Å². The summed E-state index contributed by atoms with van der Waals surface area (Å²) in [6.45, 7) is 7.67. The molecule has 0 atom stereocenters. The molecule has 0 bridgehead atoms. The van der Waals surface area contributed by atoms with Crippen LogP contribution in [-0.4, -0.2) is 55.1 Å². The standard InChI is InChI=1S/C20H24N4OS.ClH/c1-16(25)23-14-12-22(13-15-23)10-5-11-24-17-6-2-3-7-18(17)26-19-8-4-9-21-20(19)24;/h2-4,6-9H,5,10-15H2,1H3;1H. The largest absolute Gasteiger partial charge is 1.00 e. The Kier molecular flexibility index (Phi) is 6.63. The van der Waals surface area contributed by atoms with Gasteiger partial charge in [0.15, 0.2) is 0 Å². The third kappa shape index (κ3) is 4.39. The predicted molar refractivity (Wildman–Crippen MR) is 104 cm³/mol. The van der Waals surface area contributed by atoms with Crippen LogP contribution < -0.4 is 22.2 Å². The second-order valence-electron chi connectivity index (χ2n) is 6.91. The predicted octanol–water partition coefficient (Wildman–Crippen LogP) is -1.17. The summed E-state index contributed by atoms with van der Waals surface area (Å²) in [5.74, 6) is 1.28. The molecule has 1 fully saturated rings. The van der Waals surface area contributed by atoms with Crippen LogP contribution in [0.25, 0.3) is 0 Å². The van der Waals surface area contributed by atoms with E-state index in [-0.39, 0.29) is 18.3 Å². The molecule has 1 aromatic carbocycles. The number of anilines is 2. The van der Waals surface area contributed by atoms with Crippen molar-refractivity contribution >= 4 is 29.2 Å². The van der Waals surface area contributed by atoms with Crippen molar-refractivity contribution < 1.29 is 22.1 Å². The summed E-state index contributed by atoms with van der Waals surface area (Å²) in [5.41, 5.74) is 1.26. The van der Waals surface area contributed by atoms with E-state index in [4.69, 9.17) is 0 Å². The molecule has 7 heteroatoms. The number of aromatic nitrogens is 1. The number of pyridine rings is 1. The highest BCUT2D eigenvalue weighted by molar-refractivity contribution is 7.99. The summed E-state index contributed by atoms with van der Waals surface area (Å²) >= 11 is 1.80. The number of quaternary nitrogens is 1. The van der Waals surface area contributed by atoms with Crippen molar-refractivity contribution in [1.82, 2.24) is 9.88 Å². The highest BCUT2D eigenvalue weighted by Crippen LogP contribution is 2.46. The topological polar surface area (TPSA) is 40.9 Å². The van der Waals surface area contributed by atoms with Crippen molar-refractivity contribution in [3.8, 4) is 0 Å². The minimum Gasteiger partial charge on any atom is -1.00 e. The van der Waals surface area contributed by atoms with Crippen molar-refractivity contribution in [2.24, 2.45) is 0 Å². The zero-order valence-electron chi connectivity index (χ0n) is 15.5. The summed E-state index contributed by atoms with van der Waals surface area (Å²) in [4.78, 5) is 24.6. The maximum atomic E-state index is 11.5. The highest BCUT2D eigenvalue weighted by atomic mass is 35.5. The molecule has 0 spiro atoms. The number of benzene rings is 1. The fourth-order valence-electron chi connectivity index (χ4n) is 3.76. The number of piperazine rings is 1. The molecule has 2 aromatic rings. The highest BCUT2D eigenvalue weighted by Gasteiger charge is 2.25. The molecular weight excluding hydrogens is 380 g/mol.